The van der Waals surface area contributed by atoms with Crippen LogP contribution >= 0.6 is 11.3 Å². The fraction of sp³-hybridized carbons (Fsp3) is 0.148. The highest BCUT2D eigenvalue weighted by Gasteiger charge is 2.25. The van der Waals surface area contributed by atoms with Gasteiger partial charge in [0.1, 0.15) is 6.26 Å². The molecule has 9 nitrogen and oxygen atoms in total. The SMILES string of the molecule is Cc1noc(NS(=O)(=O)c2ccccc2-c2ccc(-c3ncco3)cc2CN(C)C(=O)c2cccs2)c1C. The predicted octanol–water partition coefficient (Wildman–Crippen LogP) is 5.75. The number of nitrogens with zero attached hydrogens (tertiary/aromatic N) is 3. The second kappa shape index (κ2) is 10.3. The molecule has 0 aliphatic carbocycles. The van der Waals surface area contributed by atoms with Gasteiger partial charge in [0.05, 0.1) is 21.7 Å². The number of carbonyl (C=O) groups excluding carboxylic acids is 1. The van der Waals surface area contributed by atoms with E-state index in [0.29, 0.717) is 38.7 Å². The predicted molar refractivity (Wildman–Crippen MR) is 144 cm³/mol. The standard InChI is InChI=1S/C27H24N4O5S2/c1-17-18(2)29-36-25(17)30-38(33,34)24-9-5-4-7-22(24)21-11-10-19(26-28-12-13-35-26)15-20(21)16-31(3)27(32)23-8-6-14-37-23/h4-15,30H,16H2,1-3H3. The minimum Gasteiger partial charge on any atom is -0.445 e. The molecule has 5 rings (SSSR count). The lowest BCUT2D eigenvalue weighted by Crippen LogP contribution is -2.25. The highest BCUT2D eigenvalue weighted by atomic mass is 32.2. The molecule has 194 valence electrons. The summed E-state index contributed by atoms with van der Waals surface area (Å²) in [6, 6.07) is 15.8. The summed E-state index contributed by atoms with van der Waals surface area (Å²) in [5.74, 6) is 0.355. The number of oxazole rings is 1. The van der Waals surface area contributed by atoms with Crippen LogP contribution in [-0.2, 0) is 16.6 Å². The fourth-order valence-electron chi connectivity index (χ4n) is 4.01. The van der Waals surface area contributed by atoms with Crippen LogP contribution < -0.4 is 4.72 Å². The lowest BCUT2D eigenvalue weighted by Gasteiger charge is -2.20. The molecule has 0 aliphatic rings. The lowest BCUT2D eigenvalue weighted by molar-refractivity contribution is 0.0790. The molecular formula is C27H24N4O5S2. The molecule has 1 N–H and O–H groups in total. The molecule has 2 aromatic carbocycles. The summed E-state index contributed by atoms with van der Waals surface area (Å²) in [7, 11) is -2.33. The van der Waals surface area contributed by atoms with Crippen molar-refractivity contribution in [3.8, 4) is 22.6 Å². The molecule has 38 heavy (non-hydrogen) atoms. The first kappa shape index (κ1) is 25.4. The summed E-state index contributed by atoms with van der Waals surface area (Å²) in [4.78, 5) is 19.5. The van der Waals surface area contributed by atoms with Crippen LogP contribution in [0.25, 0.3) is 22.6 Å². The van der Waals surface area contributed by atoms with Gasteiger partial charge in [0.2, 0.25) is 11.8 Å². The van der Waals surface area contributed by atoms with Gasteiger partial charge in [0.15, 0.2) is 0 Å². The number of rotatable bonds is 8. The maximum absolute atomic E-state index is 13.5. The van der Waals surface area contributed by atoms with E-state index in [4.69, 9.17) is 8.94 Å². The minimum atomic E-state index is -4.05. The molecule has 11 heteroatoms. The van der Waals surface area contributed by atoms with Gasteiger partial charge in [0, 0.05) is 30.3 Å². The monoisotopic (exact) mass is 548 g/mol. The Morgan fingerprint density at radius 1 is 1.08 bits per heavy atom. The van der Waals surface area contributed by atoms with Crippen LogP contribution in [-0.4, -0.2) is 36.4 Å². The molecule has 0 atom stereocenters. The van der Waals surface area contributed by atoms with Crippen molar-refractivity contribution in [1.82, 2.24) is 15.0 Å². The Bertz CT molecular complexity index is 1690. The quantitative estimate of drug-likeness (QED) is 0.262. The summed E-state index contributed by atoms with van der Waals surface area (Å²) in [6.45, 7) is 3.69. The molecular weight excluding hydrogens is 524 g/mol. The van der Waals surface area contributed by atoms with E-state index < -0.39 is 10.0 Å². The molecule has 0 saturated carbocycles. The second-order valence-electron chi connectivity index (χ2n) is 8.67. The molecule has 0 radical (unpaired) electrons. The molecule has 0 bridgehead atoms. The van der Waals surface area contributed by atoms with Crippen LogP contribution in [0.4, 0.5) is 5.88 Å². The van der Waals surface area contributed by atoms with Gasteiger partial charge in [-0.3, -0.25) is 4.79 Å². The largest absolute Gasteiger partial charge is 0.445 e. The maximum atomic E-state index is 13.5. The van der Waals surface area contributed by atoms with Gasteiger partial charge < -0.3 is 13.8 Å². The molecule has 0 fully saturated rings. The highest BCUT2D eigenvalue weighted by Crippen LogP contribution is 2.35. The van der Waals surface area contributed by atoms with Crippen molar-refractivity contribution in [2.45, 2.75) is 25.3 Å². The molecule has 0 saturated heterocycles. The average molecular weight is 549 g/mol. The van der Waals surface area contributed by atoms with E-state index in [0.717, 1.165) is 5.56 Å². The molecule has 5 aromatic rings. The van der Waals surface area contributed by atoms with E-state index in [1.54, 1.807) is 56.3 Å². The Balaban J connectivity index is 1.59. The van der Waals surface area contributed by atoms with Crippen LogP contribution in [0.3, 0.4) is 0 Å². The summed E-state index contributed by atoms with van der Waals surface area (Å²) in [5, 5.41) is 5.69. The number of aromatic nitrogens is 2. The van der Waals surface area contributed by atoms with Crippen molar-refractivity contribution >= 4 is 33.2 Å². The molecule has 0 aliphatic heterocycles. The number of carbonyl (C=O) groups is 1. The van der Waals surface area contributed by atoms with Gasteiger partial charge in [0.25, 0.3) is 15.9 Å². The Morgan fingerprint density at radius 2 is 1.89 bits per heavy atom. The van der Waals surface area contributed by atoms with Crippen LogP contribution in [0, 0.1) is 13.8 Å². The number of amides is 1. The molecule has 3 aromatic heterocycles. The van der Waals surface area contributed by atoms with Crippen LogP contribution in [0.1, 0.15) is 26.5 Å². The smallest absolute Gasteiger partial charge is 0.264 e. The van der Waals surface area contributed by atoms with E-state index >= 15 is 0 Å². The van der Waals surface area contributed by atoms with E-state index in [1.165, 1.54) is 23.7 Å². The number of aryl methyl sites for hydroxylation is 1. The van der Waals surface area contributed by atoms with Gasteiger partial charge in [-0.2, -0.15) is 0 Å². The first-order valence-electron chi connectivity index (χ1n) is 11.6. The number of nitrogens with one attached hydrogen (secondary N) is 1. The Hall–Kier alpha value is -4.22. The van der Waals surface area contributed by atoms with Crippen molar-refractivity contribution in [2.24, 2.45) is 0 Å². The van der Waals surface area contributed by atoms with Crippen molar-refractivity contribution in [3.63, 3.8) is 0 Å². The number of hydrogen-bond donors (Lipinski definition) is 1. The Morgan fingerprint density at radius 3 is 2.58 bits per heavy atom. The van der Waals surface area contributed by atoms with Crippen molar-refractivity contribution in [1.29, 1.82) is 0 Å². The zero-order valence-electron chi connectivity index (χ0n) is 20.8. The summed E-state index contributed by atoms with van der Waals surface area (Å²) in [6.07, 6.45) is 3.03. The molecule has 1 amide bonds. The van der Waals surface area contributed by atoms with E-state index in [-0.39, 0.29) is 23.2 Å². The molecule has 0 unspecified atom stereocenters. The summed E-state index contributed by atoms with van der Waals surface area (Å²) >= 11 is 1.36. The van der Waals surface area contributed by atoms with Gasteiger partial charge in [-0.15, -0.1) is 11.3 Å². The van der Waals surface area contributed by atoms with Crippen LogP contribution in [0.15, 0.2) is 86.3 Å². The zero-order valence-corrected chi connectivity index (χ0v) is 22.5. The maximum Gasteiger partial charge on any atom is 0.264 e. The van der Waals surface area contributed by atoms with Gasteiger partial charge in [-0.05, 0) is 54.6 Å². The van der Waals surface area contributed by atoms with Crippen molar-refractivity contribution < 1.29 is 22.2 Å². The number of anilines is 1. The normalized spacial score (nSPS) is 11.4. The average Bonchev–Trinajstić information content (AvgIpc) is 3.69. The number of benzene rings is 2. The first-order valence-corrected chi connectivity index (χ1v) is 14.0. The highest BCUT2D eigenvalue weighted by molar-refractivity contribution is 7.92. The Kier molecular flexibility index (Phi) is 6.87. The van der Waals surface area contributed by atoms with Gasteiger partial charge in [-0.1, -0.05) is 35.5 Å². The van der Waals surface area contributed by atoms with Gasteiger partial charge in [-0.25, -0.2) is 18.1 Å². The third kappa shape index (κ3) is 4.98. The van der Waals surface area contributed by atoms with Crippen molar-refractivity contribution in [3.05, 3.63) is 94.1 Å². The summed E-state index contributed by atoms with van der Waals surface area (Å²) in [5.41, 5.74) is 3.76. The minimum absolute atomic E-state index is 0.0609. The van der Waals surface area contributed by atoms with E-state index in [1.807, 2.05) is 29.6 Å². The van der Waals surface area contributed by atoms with E-state index in [9.17, 15) is 13.2 Å². The number of hydrogen-bond acceptors (Lipinski definition) is 8. The summed E-state index contributed by atoms with van der Waals surface area (Å²) < 4.78 is 40.2. The fourth-order valence-corrected chi connectivity index (χ4v) is 6.00. The topological polar surface area (TPSA) is 119 Å². The molecule has 3 heterocycles. The number of sulfonamides is 1. The van der Waals surface area contributed by atoms with E-state index in [2.05, 4.69) is 14.9 Å². The van der Waals surface area contributed by atoms with Crippen LogP contribution in [0.2, 0.25) is 0 Å². The second-order valence-corrected chi connectivity index (χ2v) is 11.3. The lowest BCUT2D eigenvalue weighted by atomic mass is 9.97. The van der Waals surface area contributed by atoms with Gasteiger partial charge >= 0.3 is 0 Å². The molecule has 0 spiro atoms. The zero-order chi connectivity index (χ0) is 26.9. The van der Waals surface area contributed by atoms with Crippen molar-refractivity contribution in [2.75, 3.05) is 11.8 Å². The number of thiophene rings is 1. The first-order chi connectivity index (χ1) is 18.2. The third-order valence-corrected chi connectivity index (χ3v) is 8.37. The third-order valence-electron chi connectivity index (χ3n) is 6.12. The van der Waals surface area contributed by atoms with Crippen LogP contribution in [0.5, 0.6) is 0 Å². The Labute approximate surface area is 223 Å².